The molecule has 8 heavy (non-hydrogen) atoms. The lowest BCUT2D eigenvalue weighted by Gasteiger charge is -2.24. The van der Waals surface area contributed by atoms with E-state index in [0.717, 1.165) is 18.7 Å². The number of nitrogens with two attached hydrogens (primary N) is 2. The first-order chi connectivity index (χ1) is 3.56. The maximum absolute atomic E-state index is 5.75. The van der Waals surface area contributed by atoms with Crippen molar-refractivity contribution in [1.82, 2.24) is 0 Å². The van der Waals surface area contributed by atoms with Crippen molar-refractivity contribution in [3.8, 4) is 0 Å². The Hall–Kier alpha value is 0.270. The van der Waals surface area contributed by atoms with Crippen LogP contribution in [0.3, 0.4) is 0 Å². The molecule has 0 aromatic heterocycles. The molecule has 2 nitrogen and oxygen atoms in total. The van der Waals surface area contributed by atoms with Gasteiger partial charge in [0.2, 0.25) is 0 Å². The molecule has 0 atom stereocenters. The average Bonchev–Trinajstić information content (AvgIpc) is 1.59. The normalized spacial score (nSPS) is 14.0. The largest absolute Gasteiger partial charge is 0.330 e. The highest BCUT2D eigenvalue weighted by molar-refractivity contribution is 8.30. The zero-order valence-corrected chi connectivity index (χ0v) is 6.50. The van der Waals surface area contributed by atoms with Gasteiger partial charge in [0.05, 0.1) is 0 Å². The van der Waals surface area contributed by atoms with Crippen molar-refractivity contribution in [2.24, 2.45) is 10.9 Å². The molecule has 0 bridgehead atoms. The summed E-state index contributed by atoms with van der Waals surface area (Å²) in [5, 5.41) is 5.75. The molecule has 52 valence electrons. The summed E-state index contributed by atoms with van der Waals surface area (Å²) in [6.07, 6.45) is 5.27. The lowest BCUT2D eigenvalue weighted by molar-refractivity contribution is 0.938. The molecule has 0 aliphatic heterocycles. The van der Waals surface area contributed by atoms with Crippen LogP contribution in [0.4, 0.5) is 0 Å². The van der Waals surface area contributed by atoms with Crippen molar-refractivity contribution in [3.63, 3.8) is 0 Å². The Bertz CT molecular complexity index is 57.9. The van der Waals surface area contributed by atoms with Gasteiger partial charge in [-0.1, -0.05) is 0 Å². The van der Waals surface area contributed by atoms with Gasteiger partial charge in [-0.15, -0.1) is 0 Å². The average molecular weight is 136 g/mol. The van der Waals surface area contributed by atoms with Crippen molar-refractivity contribution in [2.75, 3.05) is 24.8 Å². The van der Waals surface area contributed by atoms with Gasteiger partial charge in [-0.25, -0.2) is 0 Å². The molecule has 0 amide bonds. The molecule has 0 spiro atoms. The second kappa shape index (κ2) is 3.33. The van der Waals surface area contributed by atoms with Gasteiger partial charge in [-0.2, -0.15) is 10.2 Å². The third-order valence-corrected chi connectivity index (χ3v) is 2.22. The Morgan fingerprint density at radius 3 is 2.00 bits per heavy atom. The van der Waals surface area contributed by atoms with Crippen molar-refractivity contribution in [1.29, 1.82) is 0 Å². The molecule has 0 radical (unpaired) electrons. The number of hydrogen-bond acceptors (Lipinski definition) is 2. The molecule has 0 heterocycles. The van der Waals surface area contributed by atoms with Crippen LogP contribution < -0.4 is 10.9 Å². The minimum atomic E-state index is -0.766. The molecule has 3 heteroatoms. The summed E-state index contributed by atoms with van der Waals surface area (Å²) in [5.41, 5.74) is 5.29. The lowest BCUT2D eigenvalue weighted by atomic mass is 10.5. The highest BCUT2D eigenvalue weighted by Gasteiger charge is 2.00. The molecule has 0 rings (SSSR count). The lowest BCUT2D eigenvalue weighted by Crippen LogP contribution is -2.13. The fourth-order valence-electron chi connectivity index (χ4n) is 0.455. The third kappa shape index (κ3) is 6.27. The van der Waals surface area contributed by atoms with E-state index in [1.807, 2.05) is 0 Å². The topological polar surface area (TPSA) is 52.0 Å². The zero-order valence-electron chi connectivity index (χ0n) is 5.68. The van der Waals surface area contributed by atoms with Crippen molar-refractivity contribution in [2.45, 2.75) is 6.42 Å². The first kappa shape index (κ1) is 8.27. The van der Waals surface area contributed by atoms with Crippen molar-refractivity contribution < 1.29 is 0 Å². The monoisotopic (exact) mass is 136 g/mol. The van der Waals surface area contributed by atoms with E-state index in [9.17, 15) is 0 Å². The Balaban J connectivity index is 3.11. The minimum absolute atomic E-state index is 0.766. The quantitative estimate of drug-likeness (QED) is 0.585. The van der Waals surface area contributed by atoms with Crippen LogP contribution >= 0.6 is 10.2 Å². The summed E-state index contributed by atoms with van der Waals surface area (Å²) >= 11 is 0. The van der Waals surface area contributed by atoms with E-state index in [1.165, 1.54) is 0 Å². The van der Waals surface area contributed by atoms with E-state index in [0.29, 0.717) is 0 Å². The maximum Gasteiger partial charge on any atom is -0.00695 e. The smallest absolute Gasteiger partial charge is 0.00695 e. The van der Waals surface area contributed by atoms with E-state index in [2.05, 4.69) is 12.5 Å². The zero-order chi connectivity index (χ0) is 6.62. The third-order valence-electron chi connectivity index (χ3n) is 0.875. The highest BCUT2D eigenvalue weighted by Crippen LogP contribution is 2.29. The molecule has 0 aliphatic carbocycles. The molecule has 0 fully saturated rings. The van der Waals surface area contributed by atoms with Crippen molar-refractivity contribution >= 4 is 10.2 Å². The van der Waals surface area contributed by atoms with Crippen LogP contribution in [0.25, 0.3) is 0 Å². The Kier molecular flexibility index (Phi) is 3.44. The van der Waals surface area contributed by atoms with Gasteiger partial charge in [0.15, 0.2) is 0 Å². The summed E-state index contributed by atoms with van der Waals surface area (Å²) in [6.45, 7) is 0.771. The van der Waals surface area contributed by atoms with Crippen LogP contribution in [0.1, 0.15) is 6.42 Å². The molecule has 0 aliphatic rings. The summed E-state index contributed by atoms with van der Waals surface area (Å²) in [5.74, 6) is 1.10. The van der Waals surface area contributed by atoms with Gasteiger partial charge in [0.25, 0.3) is 0 Å². The van der Waals surface area contributed by atoms with Gasteiger partial charge in [0.1, 0.15) is 0 Å². The Labute approximate surface area is 53.1 Å². The highest BCUT2D eigenvalue weighted by atomic mass is 32.3. The molecule has 0 saturated carbocycles. The van der Waals surface area contributed by atoms with Gasteiger partial charge < -0.3 is 5.73 Å². The van der Waals surface area contributed by atoms with Gasteiger partial charge >= 0.3 is 0 Å². The SMILES string of the molecule is CS(C)(N)CCCN. The van der Waals surface area contributed by atoms with Gasteiger partial charge in [-0.3, -0.25) is 5.14 Å². The van der Waals surface area contributed by atoms with Crippen LogP contribution in [0, 0.1) is 0 Å². The van der Waals surface area contributed by atoms with Gasteiger partial charge in [-0.05, 0) is 31.2 Å². The molecule has 0 unspecified atom stereocenters. The van der Waals surface area contributed by atoms with Crippen molar-refractivity contribution in [3.05, 3.63) is 0 Å². The Morgan fingerprint density at radius 2 is 1.88 bits per heavy atom. The Morgan fingerprint density at radius 1 is 1.38 bits per heavy atom. The molecule has 0 saturated heterocycles. The second-order valence-corrected chi connectivity index (χ2v) is 6.13. The second-order valence-electron chi connectivity index (χ2n) is 2.47. The van der Waals surface area contributed by atoms with E-state index in [1.54, 1.807) is 0 Å². The van der Waals surface area contributed by atoms with Crippen LogP contribution in [0.2, 0.25) is 0 Å². The van der Waals surface area contributed by atoms with E-state index >= 15 is 0 Å². The summed E-state index contributed by atoms with van der Waals surface area (Å²) in [7, 11) is -0.766. The fourth-order valence-corrected chi connectivity index (χ4v) is 1.37. The molecule has 0 aromatic carbocycles. The van der Waals surface area contributed by atoms with Gasteiger partial charge in [0, 0.05) is 0 Å². The number of hydrogen-bond donors (Lipinski definition) is 2. The minimum Gasteiger partial charge on any atom is -0.330 e. The summed E-state index contributed by atoms with van der Waals surface area (Å²) in [4.78, 5) is 0. The first-order valence-corrected chi connectivity index (χ1v) is 5.43. The van der Waals surface area contributed by atoms with Crippen LogP contribution in [0.5, 0.6) is 0 Å². The standard InChI is InChI=1S/C5H16N2S/c1-8(2,7)5-3-4-6/h3-7H2,1-2H3. The molecular formula is C5H16N2S. The van der Waals surface area contributed by atoms with E-state index in [-0.39, 0.29) is 0 Å². The number of rotatable bonds is 3. The van der Waals surface area contributed by atoms with E-state index < -0.39 is 10.2 Å². The van der Waals surface area contributed by atoms with Crippen LogP contribution in [-0.2, 0) is 0 Å². The summed E-state index contributed by atoms with van der Waals surface area (Å²) < 4.78 is 0. The predicted molar refractivity (Wildman–Crippen MR) is 42.2 cm³/mol. The molecule has 0 aromatic rings. The molecular weight excluding hydrogens is 120 g/mol. The molecule has 4 N–H and O–H groups in total. The summed E-state index contributed by atoms with van der Waals surface area (Å²) in [6, 6.07) is 0. The van der Waals surface area contributed by atoms with E-state index in [4.69, 9.17) is 10.9 Å². The first-order valence-electron chi connectivity index (χ1n) is 2.75. The van der Waals surface area contributed by atoms with Crippen LogP contribution in [-0.4, -0.2) is 24.8 Å². The maximum atomic E-state index is 5.75. The fraction of sp³-hybridized carbons (Fsp3) is 1.00. The van der Waals surface area contributed by atoms with Crippen LogP contribution in [0.15, 0.2) is 0 Å². The predicted octanol–water partition coefficient (Wildman–Crippen LogP) is 0.273.